The molecule has 7 nitrogen and oxygen atoms in total. The Bertz CT molecular complexity index is 1210. The summed E-state index contributed by atoms with van der Waals surface area (Å²) in [6, 6.07) is 5.27. The van der Waals surface area contributed by atoms with Crippen molar-refractivity contribution in [2.75, 3.05) is 0 Å². The van der Waals surface area contributed by atoms with Crippen LogP contribution in [0.3, 0.4) is 0 Å². The number of nitrogens with one attached hydrogen (secondary N) is 1. The number of rotatable bonds is 5. The topological polar surface area (TPSA) is 81.9 Å². The van der Waals surface area contributed by atoms with Crippen LogP contribution in [-0.4, -0.2) is 32.0 Å². The Balaban J connectivity index is 1.38. The second kappa shape index (κ2) is 8.13. The van der Waals surface area contributed by atoms with Crippen LogP contribution in [0.2, 0.25) is 0 Å². The maximum Gasteiger partial charge on any atom is 0.574 e. The number of amides is 1. The number of hydrogen-bond donors (Lipinski definition) is 1. The number of nitrogens with zero attached hydrogens (tertiary/aromatic N) is 4. The molecule has 1 saturated carbocycles. The van der Waals surface area contributed by atoms with Crippen LogP contribution in [0.5, 0.6) is 5.88 Å². The van der Waals surface area contributed by atoms with Gasteiger partial charge in [0.15, 0.2) is 5.82 Å². The number of fused-ring (bicyclic) bond motifs is 1. The molecule has 0 saturated heterocycles. The van der Waals surface area contributed by atoms with Crippen LogP contribution >= 0.6 is 0 Å². The van der Waals surface area contributed by atoms with E-state index in [2.05, 4.69) is 25.1 Å². The summed E-state index contributed by atoms with van der Waals surface area (Å²) >= 11 is 0. The van der Waals surface area contributed by atoms with Crippen molar-refractivity contribution < 1.29 is 27.1 Å². The molecule has 172 valence electrons. The Hall–Kier alpha value is -3.50. The quantitative estimate of drug-likeness (QED) is 0.565. The van der Waals surface area contributed by atoms with Crippen molar-refractivity contribution in [3.63, 3.8) is 0 Å². The maximum atomic E-state index is 14.5. The number of aryl methyl sites for hydroxylation is 1. The van der Waals surface area contributed by atoms with Gasteiger partial charge in [0, 0.05) is 41.5 Å². The van der Waals surface area contributed by atoms with E-state index in [0.717, 1.165) is 37.2 Å². The SMILES string of the molecule is O=C(N[C@@H]1CCCn2nc(-c3cc(C4CC4)ncc3F)cc21)c1ccnc(OC(F)(F)F)c1. The van der Waals surface area contributed by atoms with Gasteiger partial charge in [0.2, 0.25) is 5.88 Å². The van der Waals surface area contributed by atoms with Crippen molar-refractivity contribution in [1.82, 2.24) is 25.1 Å². The van der Waals surface area contributed by atoms with E-state index in [4.69, 9.17) is 0 Å². The van der Waals surface area contributed by atoms with Crippen molar-refractivity contribution in [2.45, 2.75) is 50.6 Å². The lowest BCUT2D eigenvalue weighted by Crippen LogP contribution is -2.32. The Morgan fingerprint density at radius 1 is 1.15 bits per heavy atom. The molecule has 4 heterocycles. The summed E-state index contributed by atoms with van der Waals surface area (Å²) in [6.07, 6.45) is 0.792. The first-order valence-corrected chi connectivity index (χ1v) is 10.5. The van der Waals surface area contributed by atoms with Gasteiger partial charge in [-0.05, 0) is 43.9 Å². The minimum absolute atomic E-state index is 0.0182. The Kier molecular flexibility index (Phi) is 5.26. The van der Waals surface area contributed by atoms with E-state index in [-0.39, 0.29) is 5.56 Å². The molecule has 5 rings (SSSR count). The van der Waals surface area contributed by atoms with Gasteiger partial charge >= 0.3 is 6.36 Å². The minimum atomic E-state index is -4.91. The van der Waals surface area contributed by atoms with Crippen LogP contribution in [0.25, 0.3) is 11.3 Å². The molecule has 11 heteroatoms. The molecule has 1 aliphatic carbocycles. The fourth-order valence-electron chi connectivity index (χ4n) is 3.98. The average Bonchev–Trinajstić information content (AvgIpc) is 3.51. The Labute approximate surface area is 185 Å². The monoisotopic (exact) mass is 461 g/mol. The molecular weight excluding hydrogens is 442 g/mol. The fourth-order valence-corrected chi connectivity index (χ4v) is 3.98. The molecule has 3 aromatic heterocycles. The first-order valence-electron chi connectivity index (χ1n) is 10.5. The van der Waals surface area contributed by atoms with Crippen LogP contribution in [0.1, 0.15) is 59.4 Å². The highest BCUT2D eigenvalue weighted by atomic mass is 19.4. The summed E-state index contributed by atoms with van der Waals surface area (Å²) in [4.78, 5) is 20.4. The summed E-state index contributed by atoms with van der Waals surface area (Å²) in [6.45, 7) is 0.614. The van der Waals surface area contributed by atoms with Gasteiger partial charge in [-0.2, -0.15) is 5.10 Å². The molecule has 0 bridgehead atoms. The first-order chi connectivity index (χ1) is 15.8. The third kappa shape index (κ3) is 4.67. The largest absolute Gasteiger partial charge is 0.574 e. The maximum absolute atomic E-state index is 14.5. The van der Waals surface area contributed by atoms with Crippen LogP contribution < -0.4 is 10.1 Å². The van der Waals surface area contributed by atoms with E-state index < -0.39 is 30.0 Å². The third-order valence-corrected chi connectivity index (χ3v) is 5.70. The van der Waals surface area contributed by atoms with Crippen LogP contribution in [0.15, 0.2) is 36.7 Å². The zero-order valence-corrected chi connectivity index (χ0v) is 17.3. The number of carbonyl (C=O) groups excluding carboxylic acids is 1. The highest BCUT2D eigenvalue weighted by Crippen LogP contribution is 2.40. The molecule has 1 N–H and O–H groups in total. The van der Waals surface area contributed by atoms with Gasteiger partial charge in [-0.25, -0.2) is 9.37 Å². The van der Waals surface area contributed by atoms with Crippen molar-refractivity contribution in [1.29, 1.82) is 0 Å². The molecule has 3 aromatic rings. The van der Waals surface area contributed by atoms with Gasteiger partial charge < -0.3 is 10.1 Å². The zero-order valence-electron chi connectivity index (χ0n) is 17.3. The number of pyridine rings is 2. The Morgan fingerprint density at radius 2 is 1.97 bits per heavy atom. The molecule has 1 atom stereocenters. The van der Waals surface area contributed by atoms with Gasteiger partial charge in [-0.1, -0.05) is 0 Å². The van der Waals surface area contributed by atoms with Gasteiger partial charge in [-0.3, -0.25) is 14.5 Å². The number of alkyl halides is 3. The lowest BCUT2D eigenvalue weighted by atomic mass is 10.0. The van der Waals surface area contributed by atoms with Crippen molar-refractivity contribution in [2.24, 2.45) is 0 Å². The van der Waals surface area contributed by atoms with Gasteiger partial charge in [0.1, 0.15) is 0 Å². The summed E-state index contributed by atoms with van der Waals surface area (Å²) in [5.74, 6) is -1.40. The first kappa shape index (κ1) is 21.4. The normalized spacial score (nSPS) is 18.0. The molecule has 0 spiro atoms. The lowest BCUT2D eigenvalue weighted by Gasteiger charge is -2.24. The minimum Gasteiger partial charge on any atom is -0.388 e. The average molecular weight is 461 g/mol. The van der Waals surface area contributed by atoms with Gasteiger partial charge in [0.25, 0.3) is 5.91 Å². The van der Waals surface area contributed by atoms with E-state index in [0.29, 0.717) is 35.8 Å². The number of halogens is 4. The molecule has 0 radical (unpaired) electrons. The number of hydrogen-bond acceptors (Lipinski definition) is 5. The second-order valence-corrected chi connectivity index (χ2v) is 8.14. The predicted octanol–water partition coefficient (Wildman–Crippen LogP) is 4.52. The van der Waals surface area contributed by atoms with E-state index in [1.165, 1.54) is 12.3 Å². The second-order valence-electron chi connectivity index (χ2n) is 8.14. The fraction of sp³-hybridized carbons (Fsp3) is 0.364. The number of carbonyl (C=O) groups is 1. The molecule has 33 heavy (non-hydrogen) atoms. The van der Waals surface area contributed by atoms with Crippen molar-refractivity contribution in [3.05, 3.63) is 59.4 Å². The van der Waals surface area contributed by atoms with Crippen molar-refractivity contribution in [3.8, 4) is 17.1 Å². The molecular formula is C22H19F4N5O2. The molecule has 2 aliphatic rings. The number of ether oxygens (including phenoxy) is 1. The summed E-state index contributed by atoms with van der Waals surface area (Å²) in [7, 11) is 0. The molecule has 1 amide bonds. The highest BCUT2D eigenvalue weighted by molar-refractivity contribution is 5.94. The van der Waals surface area contributed by atoms with E-state index in [1.54, 1.807) is 16.8 Å². The molecule has 1 fully saturated rings. The molecule has 0 aromatic carbocycles. The predicted molar refractivity (Wildman–Crippen MR) is 108 cm³/mol. The highest BCUT2D eigenvalue weighted by Gasteiger charge is 2.32. The Morgan fingerprint density at radius 3 is 2.73 bits per heavy atom. The summed E-state index contributed by atoms with van der Waals surface area (Å²) in [5, 5.41) is 7.36. The van der Waals surface area contributed by atoms with Crippen LogP contribution in [-0.2, 0) is 6.54 Å². The van der Waals surface area contributed by atoms with E-state index in [1.807, 2.05) is 0 Å². The van der Waals surface area contributed by atoms with E-state index >= 15 is 0 Å². The van der Waals surface area contributed by atoms with E-state index in [9.17, 15) is 22.4 Å². The van der Waals surface area contributed by atoms with Gasteiger partial charge in [-0.15, -0.1) is 13.2 Å². The van der Waals surface area contributed by atoms with Gasteiger partial charge in [0.05, 0.1) is 23.6 Å². The summed E-state index contributed by atoms with van der Waals surface area (Å²) < 4.78 is 57.4. The van der Waals surface area contributed by atoms with Crippen molar-refractivity contribution >= 4 is 5.91 Å². The summed E-state index contributed by atoms with van der Waals surface area (Å²) in [5.41, 5.74) is 2.35. The standard InChI is InChI=1S/C22H19F4N5O2/c23-15-11-28-17(12-3-4-12)9-14(15)18-10-19-16(2-1-7-31(19)30-18)29-21(32)13-5-6-27-20(8-13)33-22(24,25)26/h5-6,8-12,16H,1-4,7H2,(H,29,32)/t16-/m1/s1. The van der Waals surface area contributed by atoms with Crippen LogP contribution in [0, 0.1) is 5.82 Å². The smallest absolute Gasteiger partial charge is 0.388 e. The molecule has 1 aliphatic heterocycles. The lowest BCUT2D eigenvalue weighted by molar-refractivity contribution is -0.276. The zero-order chi connectivity index (χ0) is 23.2. The van der Waals surface area contributed by atoms with Crippen LogP contribution in [0.4, 0.5) is 17.6 Å². The third-order valence-electron chi connectivity index (χ3n) is 5.70. The molecule has 0 unspecified atom stereocenters. The number of aromatic nitrogens is 4.